The van der Waals surface area contributed by atoms with Crippen LogP contribution in [0.15, 0.2) is 154 Å². The molecule has 0 aliphatic rings. The maximum atomic E-state index is 6.87. The monoisotopic (exact) mass is 560 g/mol. The lowest BCUT2D eigenvalue weighted by molar-refractivity contribution is 0.669. The molecule has 2 heteroatoms. The van der Waals surface area contributed by atoms with Crippen LogP contribution in [0.3, 0.4) is 0 Å². The smallest absolute Gasteiger partial charge is 0.143 e. The molecule has 8 aromatic carbocycles. The minimum Gasteiger partial charge on any atom is -0.456 e. The Morgan fingerprint density at radius 1 is 0.341 bits per heavy atom. The third-order valence-corrected chi connectivity index (χ3v) is 9.23. The van der Waals surface area contributed by atoms with Crippen molar-refractivity contribution in [3.8, 4) is 22.3 Å². The van der Waals surface area contributed by atoms with Crippen molar-refractivity contribution in [3.05, 3.63) is 146 Å². The molecule has 2 nitrogen and oxygen atoms in total. The van der Waals surface area contributed by atoms with E-state index in [1.807, 2.05) is 12.1 Å². The third-order valence-electron chi connectivity index (χ3n) is 9.23. The van der Waals surface area contributed by atoms with Crippen molar-refractivity contribution >= 4 is 76.2 Å². The third kappa shape index (κ3) is 3.14. The Kier molecular flexibility index (Phi) is 4.75. The van der Waals surface area contributed by atoms with Gasteiger partial charge in [-0.1, -0.05) is 121 Å². The number of benzene rings is 8. The molecule has 44 heavy (non-hydrogen) atoms. The Hall–Kier alpha value is -5.86. The summed E-state index contributed by atoms with van der Waals surface area (Å²) in [6.45, 7) is 0. The highest BCUT2D eigenvalue weighted by Gasteiger charge is 2.23. The molecule has 2 aromatic heterocycles. The van der Waals surface area contributed by atoms with Crippen LogP contribution in [-0.2, 0) is 0 Å². The van der Waals surface area contributed by atoms with E-state index < -0.39 is 0 Å². The molecule has 0 unspecified atom stereocenters. The second kappa shape index (κ2) is 8.82. The molecule has 0 saturated carbocycles. The van der Waals surface area contributed by atoms with Gasteiger partial charge in [0.15, 0.2) is 0 Å². The van der Waals surface area contributed by atoms with Gasteiger partial charge in [0.1, 0.15) is 22.3 Å². The first kappa shape index (κ1) is 23.7. The van der Waals surface area contributed by atoms with E-state index in [0.29, 0.717) is 0 Å². The SMILES string of the molecule is c1ccc(-c2c3ccccc3c(-c3cc4ccc5oc6ccccc6c5c4c4c3oc3ccccc34)c3ccccc23)cc1. The van der Waals surface area contributed by atoms with E-state index in [1.54, 1.807) is 0 Å². The molecule has 204 valence electrons. The molecule has 0 saturated heterocycles. The molecule has 10 aromatic rings. The lowest BCUT2D eigenvalue weighted by Gasteiger charge is -2.18. The highest BCUT2D eigenvalue weighted by atomic mass is 16.3. The highest BCUT2D eigenvalue weighted by molar-refractivity contribution is 6.34. The van der Waals surface area contributed by atoms with Crippen molar-refractivity contribution in [2.45, 2.75) is 0 Å². The number of hydrogen-bond donors (Lipinski definition) is 0. The molecule has 0 fully saturated rings. The summed E-state index contributed by atoms with van der Waals surface area (Å²) in [6.07, 6.45) is 0. The molecular weight excluding hydrogens is 536 g/mol. The molecule has 0 amide bonds. The molecule has 0 spiro atoms. The van der Waals surface area contributed by atoms with Crippen molar-refractivity contribution in [3.63, 3.8) is 0 Å². The number of para-hydroxylation sites is 2. The second-order valence-corrected chi connectivity index (χ2v) is 11.6. The Bertz CT molecular complexity index is 2700. The molecule has 0 aliphatic carbocycles. The summed E-state index contributed by atoms with van der Waals surface area (Å²) in [5, 5.41) is 11.7. The zero-order chi connectivity index (χ0) is 28.8. The molecule has 0 bridgehead atoms. The summed E-state index contributed by atoms with van der Waals surface area (Å²) >= 11 is 0. The minimum atomic E-state index is 0.885. The van der Waals surface area contributed by atoms with Crippen molar-refractivity contribution < 1.29 is 8.83 Å². The lowest BCUT2D eigenvalue weighted by atomic mass is 9.84. The Balaban J connectivity index is 1.45. The molecule has 0 aliphatic heterocycles. The largest absolute Gasteiger partial charge is 0.456 e. The van der Waals surface area contributed by atoms with E-state index in [2.05, 4.69) is 133 Å². The van der Waals surface area contributed by atoms with Gasteiger partial charge in [-0.2, -0.15) is 0 Å². The topological polar surface area (TPSA) is 26.3 Å². The molecule has 10 rings (SSSR count). The Morgan fingerprint density at radius 3 is 1.52 bits per heavy atom. The number of rotatable bonds is 2. The van der Waals surface area contributed by atoms with Crippen molar-refractivity contribution in [1.82, 2.24) is 0 Å². The lowest BCUT2D eigenvalue weighted by Crippen LogP contribution is -1.91. The summed E-state index contributed by atoms with van der Waals surface area (Å²) < 4.78 is 13.2. The minimum absolute atomic E-state index is 0.885. The van der Waals surface area contributed by atoms with Crippen molar-refractivity contribution in [2.24, 2.45) is 0 Å². The summed E-state index contributed by atoms with van der Waals surface area (Å²) in [6, 6.07) is 51.7. The van der Waals surface area contributed by atoms with E-state index in [9.17, 15) is 0 Å². The Morgan fingerprint density at radius 2 is 0.864 bits per heavy atom. The van der Waals surface area contributed by atoms with Crippen molar-refractivity contribution in [1.29, 1.82) is 0 Å². The van der Waals surface area contributed by atoms with Crippen LogP contribution < -0.4 is 0 Å². The van der Waals surface area contributed by atoms with Crippen molar-refractivity contribution in [2.75, 3.05) is 0 Å². The average molecular weight is 561 g/mol. The first-order chi connectivity index (χ1) is 21.8. The van der Waals surface area contributed by atoms with E-state index >= 15 is 0 Å². The first-order valence-corrected chi connectivity index (χ1v) is 15.0. The molecule has 0 N–H and O–H groups in total. The van der Waals surface area contributed by atoms with Gasteiger partial charge in [-0.25, -0.2) is 0 Å². The highest BCUT2D eigenvalue weighted by Crippen LogP contribution is 2.49. The fourth-order valence-corrected chi connectivity index (χ4v) is 7.45. The van der Waals surface area contributed by atoms with Crippen LogP contribution in [0.25, 0.3) is 98.4 Å². The fraction of sp³-hybridized carbons (Fsp3) is 0. The quantitative estimate of drug-likeness (QED) is 0.197. The standard InChI is InChI=1S/C42H24O2/c1-2-12-25(13-3-1)37-27-14-4-6-16-29(27)39(30-17-7-5-15-28(30)37)33-24-26-22-23-36-40(31-18-8-10-20-34(31)43-36)38(26)41-32-19-9-11-21-35(32)44-42(33)41/h1-24H. The van der Waals surface area contributed by atoms with Crippen LogP contribution in [0.5, 0.6) is 0 Å². The molecular formula is C42H24O2. The van der Waals surface area contributed by atoms with Gasteiger partial charge in [0, 0.05) is 38.1 Å². The van der Waals surface area contributed by atoms with Crippen LogP contribution in [0.2, 0.25) is 0 Å². The van der Waals surface area contributed by atoms with Crippen LogP contribution in [0, 0.1) is 0 Å². The second-order valence-electron chi connectivity index (χ2n) is 11.6. The van der Waals surface area contributed by atoms with Crippen LogP contribution in [0.1, 0.15) is 0 Å². The summed E-state index contributed by atoms with van der Waals surface area (Å²) in [5.41, 5.74) is 8.34. The van der Waals surface area contributed by atoms with Crippen LogP contribution in [0.4, 0.5) is 0 Å². The van der Waals surface area contributed by atoms with Gasteiger partial charge < -0.3 is 8.83 Å². The summed E-state index contributed by atoms with van der Waals surface area (Å²) in [7, 11) is 0. The van der Waals surface area contributed by atoms with E-state index in [0.717, 1.165) is 49.4 Å². The maximum absolute atomic E-state index is 6.87. The fourth-order valence-electron chi connectivity index (χ4n) is 7.45. The number of hydrogen-bond acceptors (Lipinski definition) is 2. The normalized spacial score (nSPS) is 12.1. The van der Waals surface area contributed by atoms with Gasteiger partial charge in [-0.05, 0) is 62.3 Å². The van der Waals surface area contributed by atoms with Gasteiger partial charge in [-0.15, -0.1) is 0 Å². The van der Waals surface area contributed by atoms with Gasteiger partial charge in [0.05, 0.1) is 0 Å². The zero-order valence-corrected chi connectivity index (χ0v) is 23.7. The molecule has 2 heterocycles. The van der Waals surface area contributed by atoms with E-state index in [-0.39, 0.29) is 0 Å². The van der Waals surface area contributed by atoms with Gasteiger partial charge >= 0.3 is 0 Å². The predicted molar refractivity (Wildman–Crippen MR) is 184 cm³/mol. The van der Waals surface area contributed by atoms with Gasteiger partial charge in [0.2, 0.25) is 0 Å². The summed E-state index contributed by atoms with van der Waals surface area (Å²) in [5.74, 6) is 0. The maximum Gasteiger partial charge on any atom is 0.143 e. The predicted octanol–water partition coefficient (Wildman–Crippen LogP) is 12.3. The van der Waals surface area contributed by atoms with E-state index in [1.165, 1.54) is 49.0 Å². The number of fused-ring (bicyclic) bond motifs is 11. The molecule has 0 atom stereocenters. The van der Waals surface area contributed by atoms with E-state index in [4.69, 9.17) is 8.83 Å². The molecule has 0 radical (unpaired) electrons. The summed E-state index contributed by atoms with van der Waals surface area (Å²) in [4.78, 5) is 0. The van der Waals surface area contributed by atoms with Gasteiger partial charge in [-0.3, -0.25) is 0 Å². The van der Waals surface area contributed by atoms with Gasteiger partial charge in [0.25, 0.3) is 0 Å². The average Bonchev–Trinajstić information content (AvgIpc) is 3.66. The Labute approximate surface area is 252 Å². The van der Waals surface area contributed by atoms with Crippen LogP contribution >= 0.6 is 0 Å². The first-order valence-electron chi connectivity index (χ1n) is 15.0. The zero-order valence-electron chi connectivity index (χ0n) is 23.7. The van der Waals surface area contributed by atoms with Crippen LogP contribution in [-0.4, -0.2) is 0 Å². The number of furan rings is 2.